The van der Waals surface area contributed by atoms with E-state index in [4.69, 9.17) is 4.74 Å². The van der Waals surface area contributed by atoms with Gasteiger partial charge in [0.1, 0.15) is 5.82 Å². The second-order valence-electron chi connectivity index (χ2n) is 7.95. The quantitative estimate of drug-likeness (QED) is 0.809. The Morgan fingerprint density at radius 3 is 2.65 bits per heavy atom. The number of hydrogen-bond acceptors (Lipinski definition) is 3. The Labute approximate surface area is 155 Å². The van der Waals surface area contributed by atoms with E-state index in [1.165, 1.54) is 12.5 Å². The first-order chi connectivity index (χ1) is 12.7. The molecular weight excluding hydrogens is 331 g/mol. The molecule has 5 heteroatoms. The number of hydrogen-bond donors (Lipinski definition) is 0. The van der Waals surface area contributed by atoms with Crippen molar-refractivity contribution in [2.45, 2.75) is 50.0 Å². The second kappa shape index (κ2) is 7.65. The van der Waals surface area contributed by atoms with Crippen molar-refractivity contribution in [3.63, 3.8) is 0 Å². The van der Waals surface area contributed by atoms with Crippen molar-refractivity contribution < 1.29 is 13.9 Å². The fourth-order valence-corrected chi connectivity index (χ4v) is 4.57. The highest BCUT2D eigenvalue weighted by atomic mass is 19.1. The third-order valence-electron chi connectivity index (χ3n) is 6.32. The van der Waals surface area contributed by atoms with Gasteiger partial charge in [-0.05, 0) is 44.6 Å². The van der Waals surface area contributed by atoms with Crippen LogP contribution in [0.25, 0.3) is 0 Å². The fourth-order valence-electron chi connectivity index (χ4n) is 4.57. The molecule has 0 aromatic heterocycles. The Morgan fingerprint density at radius 1 is 1.15 bits per heavy atom. The molecular formula is C21H29FN2O2. The van der Waals surface area contributed by atoms with Gasteiger partial charge in [-0.1, -0.05) is 18.2 Å². The molecule has 1 amide bonds. The predicted molar refractivity (Wildman–Crippen MR) is 98.5 cm³/mol. The molecule has 1 saturated carbocycles. The van der Waals surface area contributed by atoms with Gasteiger partial charge in [-0.15, -0.1) is 0 Å². The Balaban J connectivity index is 1.45. The molecule has 3 fully saturated rings. The molecule has 0 N–H and O–H groups in total. The van der Waals surface area contributed by atoms with Crippen molar-refractivity contribution in [1.82, 2.24) is 9.80 Å². The number of morpholine rings is 1. The molecule has 0 bridgehead atoms. The number of rotatable bonds is 5. The first-order valence-corrected chi connectivity index (χ1v) is 10.1. The monoisotopic (exact) mass is 360 g/mol. The second-order valence-corrected chi connectivity index (χ2v) is 7.95. The number of likely N-dealkylation sites (tertiary alicyclic amines) is 1. The van der Waals surface area contributed by atoms with Crippen molar-refractivity contribution in [2.24, 2.45) is 0 Å². The Morgan fingerprint density at radius 2 is 1.92 bits per heavy atom. The summed E-state index contributed by atoms with van der Waals surface area (Å²) in [6.45, 7) is 5.43. The maximum Gasteiger partial charge on any atom is 0.233 e. The summed E-state index contributed by atoms with van der Waals surface area (Å²) in [5.74, 6) is -0.0745. The SMILES string of the molecule is O=C(N1CCCC[C@@H]1CCN1CCOCC1)C1(c2ccccc2F)CC1. The Hall–Kier alpha value is -1.46. The third kappa shape index (κ3) is 3.52. The van der Waals surface area contributed by atoms with Gasteiger partial charge in [0.05, 0.1) is 18.6 Å². The molecule has 1 aromatic rings. The molecule has 1 aliphatic carbocycles. The van der Waals surface area contributed by atoms with Gasteiger partial charge >= 0.3 is 0 Å². The summed E-state index contributed by atoms with van der Waals surface area (Å²) in [5, 5.41) is 0. The minimum atomic E-state index is -0.597. The lowest BCUT2D eigenvalue weighted by molar-refractivity contribution is -0.138. The zero-order valence-corrected chi connectivity index (χ0v) is 15.5. The molecule has 4 nitrogen and oxygen atoms in total. The number of nitrogens with zero attached hydrogens (tertiary/aromatic N) is 2. The molecule has 1 aromatic carbocycles. The number of ether oxygens (including phenoxy) is 1. The van der Waals surface area contributed by atoms with Crippen molar-refractivity contribution in [2.75, 3.05) is 39.4 Å². The number of carbonyl (C=O) groups is 1. The molecule has 2 aliphatic heterocycles. The van der Waals surface area contributed by atoms with Gasteiger partial charge in [0, 0.05) is 37.8 Å². The Kier molecular flexibility index (Phi) is 5.28. The highest BCUT2D eigenvalue weighted by molar-refractivity contribution is 5.91. The summed E-state index contributed by atoms with van der Waals surface area (Å²) in [6, 6.07) is 7.12. The smallest absolute Gasteiger partial charge is 0.233 e. The summed E-state index contributed by atoms with van der Waals surface area (Å²) in [5.41, 5.74) is 0.00222. The van der Waals surface area contributed by atoms with Gasteiger partial charge in [-0.3, -0.25) is 9.69 Å². The van der Waals surface area contributed by atoms with E-state index in [9.17, 15) is 9.18 Å². The maximum atomic E-state index is 14.4. The number of carbonyl (C=O) groups excluding carboxylic acids is 1. The van der Waals surface area contributed by atoms with Crippen LogP contribution in [0.3, 0.4) is 0 Å². The van der Waals surface area contributed by atoms with Gasteiger partial charge in [-0.25, -0.2) is 4.39 Å². The standard InChI is InChI=1S/C21H29FN2O2/c22-19-7-2-1-6-18(19)21(9-10-21)20(25)24-11-4-3-5-17(24)8-12-23-13-15-26-16-14-23/h1-2,6-7,17H,3-5,8-16H2/t17-/m1/s1. The minimum absolute atomic E-state index is 0.161. The number of benzene rings is 1. The van der Waals surface area contributed by atoms with Gasteiger partial charge in [-0.2, -0.15) is 0 Å². The number of halogens is 1. The molecule has 2 saturated heterocycles. The van der Waals surface area contributed by atoms with E-state index < -0.39 is 5.41 Å². The summed E-state index contributed by atoms with van der Waals surface area (Å²) in [7, 11) is 0. The minimum Gasteiger partial charge on any atom is -0.379 e. The van der Waals surface area contributed by atoms with Crippen LogP contribution in [0.2, 0.25) is 0 Å². The van der Waals surface area contributed by atoms with Crippen LogP contribution in [-0.4, -0.2) is 61.1 Å². The van der Waals surface area contributed by atoms with Gasteiger partial charge < -0.3 is 9.64 Å². The zero-order valence-electron chi connectivity index (χ0n) is 15.5. The lowest BCUT2D eigenvalue weighted by Gasteiger charge is -2.39. The van der Waals surface area contributed by atoms with Crippen LogP contribution >= 0.6 is 0 Å². The number of piperidine rings is 1. The van der Waals surface area contributed by atoms with E-state index in [1.54, 1.807) is 12.1 Å². The molecule has 26 heavy (non-hydrogen) atoms. The van der Waals surface area contributed by atoms with E-state index >= 15 is 0 Å². The normalized spacial score (nSPS) is 25.9. The fraction of sp³-hybridized carbons (Fsp3) is 0.667. The summed E-state index contributed by atoms with van der Waals surface area (Å²) in [6.07, 6.45) is 5.89. The van der Waals surface area contributed by atoms with Crippen molar-refractivity contribution in [1.29, 1.82) is 0 Å². The molecule has 3 aliphatic rings. The van der Waals surface area contributed by atoms with Crippen LogP contribution in [0.5, 0.6) is 0 Å². The largest absolute Gasteiger partial charge is 0.379 e. The summed E-state index contributed by atoms with van der Waals surface area (Å²) >= 11 is 0. The van der Waals surface area contributed by atoms with E-state index in [0.717, 1.165) is 71.5 Å². The third-order valence-corrected chi connectivity index (χ3v) is 6.32. The van der Waals surface area contributed by atoms with Crippen LogP contribution in [-0.2, 0) is 14.9 Å². The molecule has 142 valence electrons. The van der Waals surface area contributed by atoms with E-state index in [1.807, 2.05) is 6.07 Å². The summed E-state index contributed by atoms with van der Waals surface area (Å²) < 4.78 is 19.8. The molecule has 2 heterocycles. The average molecular weight is 360 g/mol. The van der Waals surface area contributed by atoms with Crippen molar-refractivity contribution >= 4 is 5.91 Å². The Bertz CT molecular complexity index is 641. The van der Waals surface area contributed by atoms with Gasteiger partial charge in [0.25, 0.3) is 0 Å². The lowest BCUT2D eigenvalue weighted by Crippen LogP contribution is -2.50. The van der Waals surface area contributed by atoms with Crippen LogP contribution < -0.4 is 0 Å². The zero-order chi connectivity index (χ0) is 18.0. The molecule has 1 atom stereocenters. The number of amides is 1. The summed E-state index contributed by atoms with van der Waals surface area (Å²) in [4.78, 5) is 17.9. The lowest BCUT2D eigenvalue weighted by atomic mass is 9.90. The highest BCUT2D eigenvalue weighted by Gasteiger charge is 2.55. The van der Waals surface area contributed by atoms with Crippen LogP contribution in [0.1, 0.15) is 44.1 Å². The van der Waals surface area contributed by atoms with E-state index in [0.29, 0.717) is 11.6 Å². The average Bonchev–Trinajstić information content (AvgIpc) is 3.49. The van der Waals surface area contributed by atoms with Gasteiger partial charge in [0.15, 0.2) is 0 Å². The molecule has 4 rings (SSSR count). The molecule has 0 radical (unpaired) electrons. The molecule has 0 unspecified atom stereocenters. The van der Waals surface area contributed by atoms with Crippen LogP contribution in [0.4, 0.5) is 4.39 Å². The highest BCUT2D eigenvalue weighted by Crippen LogP contribution is 2.51. The van der Waals surface area contributed by atoms with Crippen molar-refractivity contribution in [3.05, 3.63) is 35.6 Å². The first kappa shape index (κ1) is 17.9. The van der Waals surface area contributed by atoms with Crippen LogP contribution in [0.15, 0.2) is 24.3 Å². The van der Waals surface area contributed by atoms with Gasteiger partial charge in [0.2, 0.25) is 5.91 Å². The first-order valence-electron chi connectivity index (χ1n) is 10.1. The predicted octanol–water partition coefficient (Wildman–Crippen LogP) is 2.96. The van der Waals surface area contributed by atoms with Crippen LogP contribution in [0, 0.1) is 5.82 Å². The van der Waals surface area contributed by atoms with Crippen molar-refractivity contribution in [3.8, 4) is 0 Å². The topological polar surface area (TPSA) is 32.8 Å². The molecule has 0 spiro atoms. The maximum absolute atomic E-state index is 14.4. The van der Waals surface area contributed by atoms with E-state index in [-0.39, 0.29) is 11.7 Å². The van der Waals surface area contributed by atoms with E-state index in [2.05, 4.69) is 9.80 Å².